The molecule has 7 nitrogen and oxygen atoms in total. The first-order chi connectivity index (χ1) is 23.1. The Balaban J connectivity index is 1.33. The zero-order valence-corrected chi connectivity index (χ0v) is 26.4. The highest BCUT2D eigenvalue weighted by atomic mass is 35.5. The molecular weight excluding hydrogens is 661 g/mol. The first-order valence-electron chi connectivity index (χ1n) is 14.4. The fourth-order valence-electron chi connectivity index (χ4n) is 4.42. The van der Waals surface area contributed by atoms with Crippen LogP contribution in [0.3, 0.4) is 0 Å². The summed E-state index contributed by atoms with van der Waals surface area (Å²) >= 11 is 7.29. The number of amides is 3. The van der Waals surface area contributed by atoms with Crippen molar-refractivity contribution in [3.8, 4) is 0 Å². The maximum Gasteiger partial charge on any atom is 0.416 e. The third-order valence-corrected chi connectivity index (χ3v) is 8.38. The molecule has 0 saturated carbocycles. The molecule has 0 radical (unpaired) electrons. The summed E-state index contributed by atoms with van der Waals surface area (Å²) in [5.41, 5.74) is 0.874. The van der Waals surface area contributed by atoms with Crippen LogP contribution in [0.25, 0.3) is 6.08 Å². The van der Waals surface area contributed by atoms with Gasteiger partial charge in [-0.05, 0) is 77.9 Å². The second-order valence-corrected chi connectivity index (χ2v) is 11.8. The van der Waals surface area contributed by atoms with E-state index in [-0.39, 0.29) is 16.4 Å². The molecule has 1 unspecified atom stereocenters. The zero-order valence-electron chi connectivity index (χ0n) is 24.9. The van der Waals surface area contributed by atoms with Gasteiger partial charge in [-0.25, -0.2) is 0 Å². The van der Waals surface area contributed by atoms with E-state index < -0.39 is 34.7 Å². The third-order valence-electron chi connectivity index (χ3n) is 6.78. The fourth-order valence-corrected chi connectivity index (χ4v) is 5.61. The number of anilines is 2. The van der Waals surface area contributed by atoms with Crippen molar-refractivity contribution in [2.75, 3.05) is 10.6 Å². The number of nitrogens with one attached hydrogen (secondary N) is 3. The number of pyridine rings is 1. The molecule has 0 aliphatic rings. The first kappa shape index (κ1) is 34.0. The monoisotopic (exact) mass is 686 g/mol. The van der Waals surface area contributed by atoms with Crippen LogP contribution in [0.2, 0.25) is 5.02 Å². The molecule has 1 atom stereocenters. The highest BCUT2D eigenvalue weighted by molar-refractivity contribution is 8.00. The fraction of sp³-hybridized carbons (Fsp3) is 0.0556. The molecule has 3 amide bonds. The predicted octanol–water partition coefficient (Wildman–Crippen LogP) is 8.64. The second kappa shape index (κ2) is 15.5. The van der Waals surface area contributed by atoms with E-state index in [0.29, 0.717) is 27.3 Å². The number of carbonyl (C=O) groups is 3. The van der Waals surface area contributed by atoms with Gasteiger partial charge in [0.25, 0.3) is 11.8 Å². The van der Waals surface area contributed by atoms with E-state index in [2.05, 4.69) is 20.9 Å². The van der Waals surface area contributed by atoms with Crippen LogP contribution in [0.15, 0.2) is 138 Å². The molecule has 0 saturated heterocycles. The molecule has 0 spiro atoms. The Kier molecular flexibility index (Phi) is 10.9. The van der Waals surface area contributed by atoms with Gasteiger partial charge in [0.15, 0.2) is 0 Å². The van der Waals surface area contributed by atoms with Crippen LogP contribution in [-0.4, -0.2) is 22.7 Å². The number of nitrogens with zero attached hydrogens (tertiary/aromatic N) is 1. The maximum atomic E-state index is 13.5. The molecule has 5 rings (SSSR count). The summed E-state index contributed by atoms with van der Waals surface area (Å²) in [5, 5.41) is 7.09. The first-order valence-corrected chi connectivity index (χ1v) is 15.6. The Hall–Kier alpha value is -5.39. The van der Waals surface area contributed by atoms with Crippen molar-refractivity contribution in [3.05, 3.63) is 161 Å². The Morgan fingerprint density at radius 1 is 0.812 bits per heavy atom. The van der Waals surface area contributed by atoms with Crippen LogP contribution in [-0.2, 0) is 15.8 Å². The second-order valence-electron chi connectivity index (χ2n) is 10.2. The Morgan fingerprint density at radius 3 is 2.15 bits per heavy atom. The van der Waals surface area contributed by atoms with E-state index in [1.807, 2.05) is 0 Å². The minimum atomic E-state index is -4.61. The van der Waals surface area contributed by atoms with Gasteiger partial charge >= 0.3 is 6.18 Å². The molecule has 0 fully saturated rings. The number of carbonyl (C=O) groups excluding carboxylic acids is 3. The van der Waals surface area contributed by atoms with Crippen molar-refractivity contribution in [1.82, 2.24) is 10.3 Å². The SMILES string of the molecule is O=C(Nc1ccc(SC(C(=O)Nc2cc(C(F)(F)F)ccc2Cl)c2ccccc2)cc1)/C(=C/c1cccnc1)NC(=O)c1ccccc1. The molecule has 4 aromatic carbocycles. The van der Waals surface area contributed by atoms with E-state index in [1.54, 1.807) is 109 Å². The largest absolute Gasteiger partial charge is 0.416 e. The van der Waals surface area contributed by atoms with Gasteiger partial charge < -0.3 is 16.0 Å². The number of alkyl halides is 3. The van der Waals surface area contributed by atoms with Gasteiger partial charge in [0.2, 0.25) is 5.91 Å². The molecule has 0 bridgehead atoms. The molecule has 5 aromatic rings. The molecular formula is C36H26ClF3N4O3S. The normalized spacial score (nSPS) is 12.1. The van der Waals surface area contributed by atoms with Crippen molar-refractivity contribution >= 4 is 58.5 Å². The summed E-state index contributed by atoms with van der Waals surface area (Å²) in [6.07, 6.45) is 0.0324. The van der Waals surface area contributed by atoms with Gasteiger partial charge in [-0.2, -0.15) is 13.2 Å². The summed E-state index contributed by atoms with van der Waals surface area (Å²) in [7, 11) is 0. The van der Waals surface area contributed by atoms with E-state index in [0.717, 1.165) is 30.0 Å². The average Bonchev–Trinajstić information content (AvgIpc) is 3.09. The predicted molar refractivity (Wildman–Crippen MR) is 181 cm³/mol. The van der Waals surface area contributed by atoms with Crippen molar-refractivity contribution in [2.45, 2.75) is 16.3 Å². The number of thioether (sulfide) groups is 1. The lowest BCUT2D eigenvalue weighted by Gasteiger charge is -2.19. The number of halogens is 4. The molecule has 242 valence electrons. The summed E-state index contributed by atoms with van der Waals surface area (Å²) in [5.74, 6) is -1.63. The van der Waals surface area contributed by atoms with Crippen molar-refractivity contribution in [2.24, 2.45) is 0 Å². The van der Waals surface area contributed by atoms with Crippen LogP contribution in [0.4, 0.5) is 24.5 Å². The Morgan fingerprint density at radius 2 is 1.50 bits per heavy atom. The Bertz CT molecular complexity index is 1930. The molecule has 1 heterocycles. The standard InChI is InChI=1S/C36H26ClF3N4O3S/c37-29-18-13-26(36(38,39)40)21-30(29)43-35(47)32(24-9-3-1-4-10-24)48-28-16-14-27(15-17-28)42-34(46)31(20-23-8-7-19-41-22-23)44-33(45)25-11-5-2-6-12-25/h1-22,32H,(H,42,46)(H,43,47)(H,44,45)/b31-20-. The summed E-state index contributed by atoms with van der Waals surface area (Å²) < 4.78 is 40.0. The van der Waals surface area contributed by atoms with Crippen LogP contribution < -0.4 is 16.0 Å². The van der Waals surface area contributed by atoms with E-state index in [9.17, 15) is 27.6 Å². The summed E-state index contributed by atoms with van der Waals surface area (Å²) in [4.78, 5) is 44.4. The number of aromatic nitrogens is 1. The van der Waals surface area contributed by atoms with Gasteiger partial charge in [-0.15, -0.1) is 11.8 Å². The van der Waals surface area contributed by atoms with Crippen LogP contribution in [0.1, 0.15) is 32.3 Å². The van der Waals surface area contributed by atoms with E-state index in [1.165, 1.54) is 6.08 Å². The van der Waals surface area contributed by atoms with Gasteiger partial charge in [-0.3, -0.25) is 19.4 Å². The minimum Gasteiger partial charge on any atom is -0.323 e. The molecule has 0 aliphatic carbocycles. The summed E-state index contributed by atoms with van der Waals surface area (Å²) in [6.45, 7) is 0. The quantitative estimate of drug-likeness (QED) is 0.101. The van der Waals surface area contributed by atoms with E-state index >= 15 is 0 Å². The number of benzene rings is 4. The lowest BCUT2D eigenvalue weighted by atomic mass is 10.1. The number of rotatable bonds is 10. The lowest BCUT2D eigenvalue weighted by Crippen LogP contribution is -2.30. The number of hydrogen-bond donors (Lipinski definition) is 3. The summed E-state index contributed by atoms with van der Waals surface area (Å²) in [6, 6.07) is 30.0. The molecule has 0 aliphatic heterocycles. The van der Waals surface area contributed by atoms with Crippen molar-refractivity contribution in [1.29, 1.82) is 0 Å². The van der Waals surface area contributed by atoms with Gasteiger partial charge in [0.1, 0.15) is 10.9 Å². The maximum absolute atomic E-state index is 13.5. The highest BCUT2D eigenvalue weighted by Gasteiger charge is 2.31. The molecule has 3 N–H and O–H groups in total. The number of hydrogen-bond acceptors (Lipinski definition) is 5. The van der Waals surface area contributed by atoms with Crippen LogP contribution >= 0.6 is 23.4 Å². The average molecular weight is 687 g/mol. The van der Waals surface area contributed by atoms with Gasteiger partial charge in [0, 0.05) is 28.5 Å². The van der Waals surface area contributed by atoms with Crippen molar-refractivity contribution in [3.63, 3.8) is 0 Å². The topological polar surface area (TPSA) is 100 Å². The molecule has 1 aromatic heterocycles. The Labute approximate surface area is 283 Å². The highest BCUT2D eigenvalue weighted by Crippen LogP contribution is 2.38. The smallest absolute Gasteiger partial charge is 0.323 e. The van der Waals surface area contributed by atoms with Crippen LogP contribution in [0.5, 0.6) is 0 Å². The van der Waals surface area contributed by atoms with Gasteiger partial charge in [-0.1, -0.05) is 66.2 Å². The van der Waals surface area contributed by atoms with E-state index in [4.69, 9.17) is 11.6 Å². The third kappa shape index (κ3) is 9.11. The molecule has 48 heavy (non-hydrogen) atoms. The lowest BCUT2D eigenvalue weighted by molar-refractivity contribution is -0.137. The minimum absolute atomic E-state index is 0.00984. The van der Waals surface area contributed by atoms with Crippen molar-refractivity contribution < 1.29 is 27.6 Å². The zero-order chi connectivity index (χ0) is 34.1. The van der Waals surface area contributed by atoms with Gasteiger partial charge in [0.05, 0.1) is 16.3 Å². The molecule has 12 heteroatoms. The van der Waals surface area contributed by atoms with Crippen LogP contribution in [0, 0.1) is 0 Å².